The number of carbonyl (C=O) groups excluding carboxylic acids is 1. The van der Waals surface area contributed by atoms with Crippen molar-refractivity contribution in [2.24, 2.45) is 0 Å². The van der Waals surface area contributed by atoms with E-state index in [4.69, 9.17) is 0 Å². The van der Waals surface area contributed by atoms with E-state index in [1.165, 1.54) is 0 Å². The largest absolute Gasteiger partial charge is 0.300 e. The quantitative estimate of drug-likeness (QED) is 0.796. The molecule has 0 fully saturated rings. The summed E-state index contributed by atoms with van der Waals surface area (Å²) < 4.78 is 2.75. The molecule has 1 heterocycles. The summed E-state index contributed by atoms with van der Waals surface area (Å²) in [5.41, 5.74) is 1.10. The van der Waals surface area contributed by atoms with Crippen LogP contribution in [0.25, 0.3) is 0 Å². The molecule has 0 aromatic carbocycles. The van der Waals surface area contributed by atoms with Gasteiger partial charge in [-0.05, 0) is 29.8 Å². The minimum absolute atomic E-state index is 0.190. The van der Waals surface area contributed by atoms with E-state index < -0.39 is 0 Å². The highest BCUT2D eigenvalue weighted by molar-refractivity contribution is 9.10. The highest BCUT2D eigenvalue weighted by atomic mass is 79.9. The lowest BCUT2D eigenvalue weighted by Gasteiger charge is -2.00. The Kier molecular flexibility index (Phi) is 3.03. The molecule has 0 aliphatic carbocycles. The summed E-state index contributed by atoms with van der Waals surface area (Å²) in [6.07, 6.45) is 2.32. The monoisotopic (exact) mass is 230 g/mol. The van der Waals surface area contributed by atoms with E-state index in [9.17, 15) is 4.79 Å². The maximum absolute atomic E-state index is 10.7. The van der Waals surface area contributed by atoms with Crippen molar-refractivity contribution in [3.8, 4) is 0 Å². The van der Waals surface area contributed by atoms with Crippen LogP contribution >= 0.6 is 15.9 Å². The van der Waals surface area contributed by atoms with Crippen molar-refractivity contribution >= 4 is 21.7 Å². The van der Waals surface area contributed by atoms with Crippen LogP contribution in [0.15, 0.2) is 10.8 Å². The van der Waals surface area contributed by atoms with Crippen LogP contribution in [0.1, 0.15) is 18.9 Å². The third-order valence-corrected chi connectivity index (χ3v) is 2.65. The number of aryl methyl sites for hydroxylation is 2. The van der Waals surface area contributed by atoms with Crippen molar-refractivity contribution in [2.45, 2.75) is 26.8 Å². The van der Waals surface area contributed by atoms with Gasteiger partial charge in [-0.2, -0.15) is 5.10 Å². The third-order valence-electron chi connectivity index (χ3n) is 1.62. The zero-order valence-corrected chi connectivity index (χ0v) is 8.76. The summed E-state index contributed by atoms with van der Waals surface area (Å²) in [6.45, 7) is 4.22. The van der Waals surface area contributed by atoms with Crippen LogP contribution in [0.3, 0.4) is 0 Å². The first-order valence-corrected chi connectivity index (χ1v) is 4.58. The van der Waals surface area contributed by atoms with Crippen LogP contribution in [-0.4, -0.2) is 15.6 Å². The predicted octanol–water partition coefficient (Wildman–Crippen LogP) is 1.93. The first kappa shape index (κ1) is 9.45. The summed E-state index contributed by atoms with van der Waals surface area (Å²) in [5, 5.41) is 4.10. The molecule has 0 atom stereocenters. The van der Waals surface area contributed by atoms with E-state index in [0.717, 1.165) is 10.2 Å². The molecule has 0 saturated heterocycles. The summed E-state index contributed by atoms with van der Waals surface area (Å²) in [4.78, 5) is 10.7. The maximum Gasteiger partial charge on any atom is 0.131 e. The van der Waals surface area contributed by atoms with Gasteiger partial charge in [-0.25, -0.2) is 0 Å². The standard InChI is InChI=1S/C8H11BrN2O/c1-6-5-10-11(8(6)9)4-3-7(2)12/h5H,3-4H2,1-2H3. The summed E-state index contributed by atoms with van der Waals surface area (Å²) >= 11 is 3.39. The van der Waals surface area contributed by atoms with Crippen molar-refractivity contribution in [1.82, 2.24) is 9.78 Å². The first-order valence-electron chi connectivity index (χ1n) is 3.78. The number of nitrogens with zero attached hydrogens (tertiary/aromatic N) is 2. The number of carbonyl (C=O) groups is 1. The average Bonchev–Trinajstić information content (AvgIpc) is 2.30. The lowest BCUT2D eigenvalue weighted by atomic mass is 10.3. The average molecular weight is 231 g/mol. The highest BCUT2D eigenvalue weighted by Gasteiger charge is 2.03. The summed E-state index contributed by atoms with van der Waals surface area (Å²) in [5.74, 6) is 0.190. The van der Waals surface area contributed by atoms with Crippen LogP contribution in [0.2, 0.25) is 0 Å². The molecule has 1 aromatic heterocycles. The Labute approximate surface area is 79.9 Å². The molecule has 0 unspecified atom stereocenters. The third kappa shape index (κ3) is 2.17. The van der Waals surface area contributed by atoms with E-state index in [0.29, 0.717) is 13.0 Å². The number of rotatable bonds is 3. The molecular formula is C8H11BrN2O. The van der Waals surface area contributed by atoms with E-state index in [1.807, 2.05) is 6.92 Å². The molecule has 1 rings (SSSR count). The second-order valence-corrected chi connectivity index (χ2v) is 3.54. The van der Waals surface area contributed by atoms with Gasteiger partial charge in [0.1, 0.15) is 10.4 Å². The van der Waals surface area contributed by atoms with Gasteiger partial charge in [-0.3, -0.25) is 9.48 Å². The van der Waals surface area contributed by atoms with Gasteiger partial charge < -0.3 is 0 Å². The second-order valence-electron chi connectivity index (χ2n) is 2.79. The maximum atomic E-state index is 10.7. The highest BCUT2D eigenvalue weighted by Crippen LogP contribution is 2.14. The van der Waals surface area contributed by atoms with Gasteiger partial charge in [0.25, 0.3) is 0 Å². The molecular weight excluding hydrogens is 220 g/mol. The number of Topliss-reactive ketones (excluding diaryl/α,β-unsaturated/α-hetero) is 1. The Balaban J connectivity index is 2.63. The molecule has 0 saturated carbocycles. The fraction of sp³-hybridized carbons (Fsp3) is 0.500. The molecule has 12 heavy (non-hydrogen) atoms. The molecule has 0 bridgehead atoms. The Bertz CT molecular complexity index is 293. The lowest BCUT2D eigenvalue weighted by molar-refractivity contribution is -0.117. The number of hydrogen-bond donors (Lipinski definition) is 0. The molecule has 0 radical (unpaired) electrons. The summed E-state index contributed by atoms with van der Waals surface area (Å²) in [6, 6.07) is 0. The van der Waals surface area contributed by atoms with Gasteiger partial charge in [0.15, 0.2) is 0 Å². The topological polar surface area (TPSA) is 34.9 Å². The smallest absolute Gasteiger partial charge is 0.131 e. The first-order chi connectivity index (χ1) is 5.61. The summed E-state index contributed by atoms with van der Waals surface area (Å²) in [7, 11) is 0. The van der Waals surface area contributed by atoms with Gasteiger partial charge in [0, 0.05) is 18.5 Å². The number of ketones is 1. The minimum Gasteiger partial charge on any atom is -0.300 e. The van der Waals surface area contributed by atoms with Gasteiger partial charge in [0.2, 0.25) is 0 Å². The SMILES string of the molecule is CC(=O)CCn1ncc(C)c1Br. The lowest BCUT2D eigenvalue weighted by Crippen LogP contribution is -2.04. The minimum atomic E-state index is 0.190. The van der Waals surface area contributed by atoms with Crippen LogP contribution in [0, 0.1) is 6.92 Å². The van der Waals surface area contributed by atoms with E-state index in [1.54, 1.807) is 17.8 Å². The second kappa shape index (κ2) is 3.85. The van der Waals surface area contributed by atoms with Gasteiger partial charge >= 0.3 is 0 Å². The fourth-order valence-electron chi connectivity index (χ4n) is 0.883. The van der Waals surface area contributed by atoms with Gasteiger partial charge in [-0.1, -0.05) is 0 Å². The molecule has 1 aromatic rings. The molecule has 4 heteroatoms. The molecule has 0 aliphatic heterocycles. The number of aromatic nitrogens is 2. The van der Waals surface area contributed by atoms with Crippen molar-refractivity contribution < 1.29 is 4.79 Å². The zero-order valence-electron chi connectivity index (χ0n) is 7.17. The van der Waals surface area contributed by atoms with E-state index >= 15 is 0 Å². The van der Waals surface area contributed by atoms with Crippen LogP contribution in [-0.2, 0) is 11.3 Å². The van der Waals surface area contributed by atoms with Gasteiger partial charge in [-0.15, -0.1) is 0 Å². The van der Waals surface area contributed by atoms with Gasteiger partial charge in [0.05, 0.1) is 6.20 Å². The van der Waals surface area contributed by atoms with Crippen molar-refractivity contribution in [1.29, 1.82) is 0 Å². The predicted molar refractivity (Wildman–Crippen MR) is 50.0 cm³/mol. The molecule has 0 spiro atoms. The Hall–Kier alpha value is -0.640. The Morgan fingerprint density at radius 2 is 2.42 bits per heavy atom. The van der Waals surface area contributed by atoms with Crippen molar-refractivity contribution in [3.63, 3.8) is 0 Å². The van der Waals surface area contributed by atoms with E-state index in [-0.39, 0.29) is 5.78 Å². The van der Waals surface area contributed by atoms with Crippen LogP contribution in [0.5, 0.6) is 0 Å². The fourth-order valence-corrected chi connectivity index (χ4v) is 1.25. The Morgan fingerprint density at radius 3 is 2.83 bits per heavy atom. The number of hydrogen-bond acceptors (Lipinski definition) is 2. The molecule has 0 amide bonds. The normalized spacial score (nSPS) is 10.2. The molecule has 0 N–H and O–H groups in total. The van der Waals surface area contributed by atoms with E-state index in [2.05, 4.69) is 21.0 Å². The van der Waals surface area contributed by atoms with Crippen molar-refractivity contribution in [3.05, 3.63) is 16.4 Å². The zero-order chi connectivity index (χ0) is 9.14. The molecule has 3 nitrogen and oxygen atoms in total. The van der Waals surface area contributed by atoms with Crippen LogP contribution < -0.4 is 0 Å². The molecule has 0 aliphatic rings. The number of halogens is 1. The van der Waals surface area contributed by atoms with Crippen molar-refractivity contribution in [2.75, 3.05) is 0 Å². The molecule has 66 valence electrons. The van der Waals surface area contributed by atoms with Crippen LogP contribution in [0.4, 0.5) is 0 Å². The Morgan fingerprint density at radius 1 is 1.75 bits per heavy atom.